The Balaban J connectivity index is 1.57. The molecule has 0 aliphatic carbocycles. The maximum Gasteiger partial charge on any atom is 0.224 e. The molecule has 1 aromatic rings. The number of fused-ring (bicyclic) bond motifs is 1. The van der Waals surface area contributed by atoms with Crippen molar-refractivity contribution in [3.63, 3.8) is 0 Å². The number of hydrogen-bond acceptors (Lipinski definition) is 5. The van der Waals surface area contributed by atoms with Crippen molar-refractivity contribution in [2.45, 2.75) is 45.8 Å². The molecule has 6 nitrogen and oxygen atoms in total. The Hall–Kier alpha value is -1.53. The molecule has 0 unspecified atom stereocenters. The number of nitrogens with zero attached hydrogens (tertiary/aromatic N) is 4. The molecule has 0 saturated carbocycles. The summed E-state index contributed by atoms with van der Waals surface area (Å²) in [7, 11) is 0. The fourth-order valence-corrected chi connectivity index (χ4v) is 3.07. The van der Waals surface area contributed by atoms with Crippen LogP contribution in [0.5, 0.6) is 0 Å². The second-order valence-corrected chi connectivity index (χ2v) is 6.06. The van der Waals surface area contributed by atoms with Crippen molar-refractivity contribution in [2.75, 3.05) is 26.3 Å². The van der Waals surface area contributed by atoms with Gasteiger partial charge in [-0.2, -0.15) is 0 Å². The maximum absolute atomic E-state index is 12.5. The van der Waals surface area contributed by atoms with Gasteiger partial charge < -0.3 is 9.64 Å². The molecular formula is C16H24N4O2. The highest BCUT2D eigenvalue weighted by Gasteiger charge is 2.27. The first-order valence-corrected chi connectivity index (χ1v) is 8.10. The number of aryl methyl sites for hydroxylation is 1. The van der Waals surface area contributed by atoms with E-state index in [2.05, 4.69) is 21.8 Å². The minimum absolute atomic E-state index is 0.204. The zero-order valence-corrected chi connectivity index (χ0v) is 13.4. The molecule has 0 radical (unpaired) electrons. The number of rotatable bonds is 4. The van der Waals surface area contributed by atoms with Gasteiger partial charge in [-0.15, -0.1) is 0 Å². The summed E-state index contributed by atoms with van der Waals surface area (Å²) in [5.74, 6) is 1.06. The lowest BCUT2D eigenvalue weighted by atomic mass is 10.1. The molecule has 2 aliphatic rings. The summed E-state index contributed by atoms with van der Waals surface area (Å²) < 4.78 is 5.37. The van der Waals surface area contributed by atoms with Crippen molar-refractivity contribution in [2.24, 2.45) is 0 Å². The van der Waals surface area contributed by atoms with Gasteiger partial charge in [0.1, 0.15) is 5.82 Å². The van der Waals surface area contributed by atoms with Crippen LogP contribution in [0.2, 0.25) is 0 Å². The topological polar surface area (TPSA) is 58.6 Å². The fraction of sp³-hybridized carbons (Fsp3) is 0.688. The quantitative estimate of drug-likeness (QED) is 0.830. The van der Waals surface area contributed by atoms with Gasteiger partial charge in [0, 0.05) is 50.3 Å². The van der Waals surface area contributed by atoms with Crippen molar-refractivity contribution < 1.29 is 9.53 Å². The molecule has 6 heteroatoms. The predicted octanol–water partition coefficient (Wildman–Crippen LogP) is 0.992. The van der Waals surface area contributed by atoms with E-state index in [1.165, 1.54) is 0 Å². The van der Waals surface area contributed by atoms with Gasteiger partial charge in [0.2, 0.25) is 5.91 Å². The Morgan fingerprint density at radius 1 is 1.36 bits per heavy atom. The van der Waals surface area contributed by atoms with Crippen LogP contribution in [0.15, 0.2) is 6.20 Å². The molecule has 0 bridgehead atoms. The molecule has 0 N–H and O–H groups in total. The van der Waals surface area contributed by atoms with Crippen LogP contribution in [-0.4, -0.2) is 58.0 Å². The first-order chi connectivity index (χ1) is 10.7. The molecule has 2 aliphatic heterocycles. The lowest BCUT2D eigenvalue weighted by Gasteiger charge is -2.32. The third-order valence-corrected chi connectivity index (χ3v) is 4.51. The molecule has 0 aromatic carbocycles. The van der Waals surface area contributed by atoms with Gasteiger partial charge in [-0.1, -0.05) is 6.92 Å². The van der Waals surface area contributed by atoms with E-state index >= 15 is 0 Å². The Morgan fingerprint density at radius 3 is 2.86 bits per heavy atom. The van der Waals surface area contributed by atoms with Crippen LogP contribution >= 0.6 is 0 Å². The number of carbonyl (C=O) groups excluding carboxylic acids is 1. The molecule has 1 aromatic heterocycles. The number of aromatic nitrogens is 2. The van der Waals surface area contributed by atoms with E-state index in [0.29, 0.717) is 19.5 Å². The smallest absolute Gasteiger partial charge is 0.224 e. The van der Waals surface area contributed by atoms with Crippen molar-refractivity contribution in [3.05, 3.63) is 23.3 Å². The van der Waals surface area contributed by atoms with E-state index < -0.39 is 0 Å². The molecular weight excluding hydrogens is 280 g/mol. The average molecular weight is 304 g/mol. The monoisotopic (exact) mass is 304 g/mol. The Labute approximate surface area is 131 Å². The molecule has 3 heterocycles. The third-order valence-electron chi connectivity index (χ3n) is 4.51. The largest absolute Gasteiger partial charge is 0.379 e. The standard InChI is InChI=1S/C16H24N4O2/c1-3-15-17-9-13-10-20(11-14(13)18-15)16(21)8-12(2)19-4-6-22-7-5-19/h9,12H,3-8,10-11H2,1-2H3/t12-/m0/s1. The van der Waals surface area contributed by atoms with E-state index in [9.17, 15) is 4.79 Å². The molecule has 1 fully saturated rings. The van der Waals surface area contributed by atoms with Gasteiger partial charge in [0.05, 0.1) is 25.5 Å². The molecule has 120 valence electrons. The number of hydrogen-bond donors (Lipinski definition) is 0. The Bertz CT molecular complexity index is 543. The van der Waals surface area contributed by atoms with Crippen LogP contribution in [0.3, 0.4) is 0 Å². The van der Waals surface area contributed by atoms with Crippen molar-refractivity contribution in [1.82, 2.24) is 19.8 Å². The second kappa shape index (κ2) is 6.71. The van der Waals surface area contributed by atoms with E-state index in [1.807, 2.05) is 18.0 Å². The van der Waals surface area contributed by atoms with Gasteiger partial charge >= 0.3 is 0 Å². The minimum Gasteiger partial charge on any atom is -0.379 e. The lowest BCUT2D eigenvalue weighted by molar-refractivity contribution is -0.133. The van der Waals surface area contributed by atoms with Gasteiger partial charge in [-0.3, -0.25) is 9.69 Å². The van der Waals surface area contributed by atoms with Crippen molar-refractivity contribution in [1.29, 1.82) is 0 Å². The number of morpholine rings is 1. The summed E-state index contributed by atoms with van der Waals surface area (Å²) in [6.45, 7) is 8.81. The van der Waals surface area contributed by atoms with E-state index in [-0.39, 0.29) is 11.9 Å². The summed E-state index contributed by atoms with van der Waals surface area (Å²) in [5.41, 5.74) is 2.10. The number of carbonyl (C=O) groups is 1. The highest BCUT2D eigenvalue weighted by atomic mass is 16.5. The van der Waals surface area contributed by atoms with Crippen LogP contribution in [-0.2, 0) is 29.0 Å². The molecule has 1 amide bonds. The zero-order chi connectivity index (χ0) is 15.5. The minimum atomic E-state index is 0.204. The van der Waals surface area contributed by atoms with Gasteiger partial charge in [-0.05, 0) is 6.92 Å². The highest BCUT2D eigenvalue weighted by molar-refractivity contribution is 5.77. The summed E-state index contributed by atoms with van der Waals surface area (Å²) >= 11 is 0. The molecule has 3 rings (SSSR count). The van der Waals surface area contributed by atoms with Crippen LogP contribution in [0.1, 0.15) is 37.4 Å². The Kier molecular flexibility index (Phi) is 4.69. The van der Waals surface area contributed by atoms with Gasteiger partial charge in [0.15, 0.2) is 0 Å². The fourth-order valence-electron chi connectivity index (χ4n) is 3.07. The van der Waals surface area contributed by atoms with Crippen LogP contribution in [0.25, 0.3) is 0 Å². The highest BCUT2D eigenvalue weighted by Crippen LogP contribution is 2.22. The van der Waals surface area contributed by atoms with E-state index in [4.69, 9.17) is 4.74 Å². The maximum atomic E-state index is 12.5. The van der Waals surface area contributed by atoms with Crippen LogP contribution in [0, 0.1) is 0 Å². The average Bonchev–Trinajstić information content (AvgIpc) is 2.98. The first-order valence-electron chi connectivity index (χ1n) is 8.10. The third kappa shape index (κ3) is 3.28. The normalized spacial score (nSPS) is 20.0. The number of ether oxygens (including phenoxy) is 1. The summed E-state index contributed by atoms with van der Waals surface area (Å²) in [5, 5.41) is 0. The van der Waals surface area contributed by atoms with Crippen molar-refractivity contribution in [3.8, 4) is 0 Å². The summed E-state index contributed by atoms with van der Waals surface area (Å²) in [4.78, 5) is 25.6. The predicted molar refractivity (Wildman–Crippen MR) is 82.1 cm³/mol. The second-order valence-electron chi connectivity index (χ2n) is 6.06. The van der Waals surface area contributed by atoms with E-state index in [0.717, 1.165) is 49.8 Å². The SMILES string of the molecule is CCc1ncc2c(n1)CN(C(=O)C[C@H](C)N1CCOCC1)C2. The Morgan fingerprint density at radius 2 is 2.14 bits per heavy atom. The molecule has 0 spiro atoms. The van der Waals surface area contributed by atoms with Crippen molar-refractivity contribution >= 4 is 5.91 Å². The van der Waals surface area contributed by atoms with Crippen LogP contribution in [0.4, 0.5) is 0 Å². The van der Waals surface area contributed by atoms with Crippen LogP contribution < -0.4 is 0 Å². The molecule has 1 atom stereocenters. The molecule has 1 saturated heterocycles. The summed E-state index contributed by atoms with van der Waals surface area (Å²) in [6.07, 6.45) is 3.26. The zero-order valence-electron chi connectivity index (χ0n) is 13.4. The van der Waals surface area contributed by atoms with Gasteiger partial charge in [0.25, 0.3) is 0 Å². The van der Waals surface area contributed by atoms with E-state index in [1.54, 1.807) is 0 Å². The summed E-state index contributed by atoms with van der Waals surface area (Å²) in [6, 6.07) is 0.261. The van der Waals surface area contributed by atoms with Gasteiger partial charge in [-0.25, -0.2) is 9.97 Å². The first kappa shape index (κ1) is 15.4. The lowest BCUT2D eigenvalue weighted by Crippen LogP contribution is -2.44. The number of amides is 1. The molecule has 22 heavy (non-hydrogen) atoms.